The molecule has 0 radical (unpaired) electrons. The van der Waals surface area contributed by atoms with Crippen molar-refractivity contribution in [1.29, 1.82) is 0 Å². The predicted molar refractivity (Wildman–Crippen MR) is 83.5 cm³/mol. The molecule has 21 heavy (non-hydrogen) atoms. The van der Waals surface area contributed by atoms with Crippen LogP contribution in [0, 0.1) is 5.41 Å². The molecule has 0 aromatic heterocycles. The van der Waals surface area contributed by atoms with E-state index in [1.54, 1.807) is 13.2 Å². The Kier molecular flexibility index (Phi) is 4.71. The molecule has 0 saturated heterocycles. The van der Waals surface area contributed by atoms with Crippen molar-refractivity contribution in [3.63, 3.8) is 0 Å². The van der Waals surface area contributed by atoms with Crippen LogP contribution in [-0.2, 0) is 9.53 Å². The summed E-state index contributed by atoms with van der Waals surface area (Å²) in [4.78, 5) is 11.7. The lowest BCUT2D eigenvalue weighted by Gasteiger charge is -2.37. The zero-order valence-electron chi connectivity index (χ0n) is 13.3. The van der Waals surface area contributed by atoms with E-state index in [4.69, 9.17) is 9.47 Å². The number of methoxy groups -OCH3 is 2. The number of ether oxygens (including phenoxy) is 2. The van der Waals surface area contributed by atoms with Gasteiger partial charge in [-0.2, -0.15) is 0 Å². The van der Waals surface area contributed by atoms with E-state index in [2.05, 4.69) is 26.0 Å². The summed E-state index contributed by atoms with van der Waals surface area (Å²) in [5, 5.41) is 0. The Hall–Kier alpha value is -1.77. The minimum Gasteiger partial charge on any atom is -0.497 e. The highest BCUT2D eigenvalue weighted by Gasteiger charge is 2.32. The van der Waals surface area contributed by atoms with Gasteiger partial charge in [-0.25, -0.2) is 4.79 Å². The maximum atomic E-state index is 11.7. The monoisotopic (exact) mass is 288 g/mol. The van der Waals surface area contributed by atoms with Gasteiger partial charge in [0.25, 0.3) is 0 Å². The largest absolute Gasteiger partial charge is 0.497 e. The average Bonchev–Trinajstić information content (AvgIpc) is 2.46. The van der Waals surface area contributed by atoms with Gasteiger partial charge in [0.2, 0.25) is 0 Å². The van der Waals surface area contributed by atoms with E-state index >= 15 is 0 Å². The highest BCUT2D eigenvalue weighted by atomic mass is 16.5. The molecule has 2 rings (SSSR count). The summed E-state index contributed by atoms with van der Waals surface area (Å²) >= 11 is 0. The van der Waals surface area contributed by atoms with Gasteiger partial charge in [-0.3, -0.25) is 0 Å². The molecule has 1 aromatic carbocycles. The molecule has 3 nitrogen and oxygen atoms in total. The zero-order chi connectivity index (χ0) is 15.5. The first kappa shape index (κ1) is 15.6. The Morgan fingerprint density at radius 3 is 2.76 bits per heavy atom. The smallest absolute Gasteiger partial charge is 0.330 e. The van der Waals surface area contributed by atoms with Crippen molar-refractivity contribution in [2.75, 3.05) is 14.2 Å². The van der Waals surface area contributed by atoms with E-state index in [-0.39, 0.29) is 17.3 Å². The van der Waals surface area contributed by atoms with Crippen LogP contribution in [0.1, 0.15) is 44.6 Å². The summed E-state index contributed by atoms with van der Waals surface area (Å²) in [5.74, 6) is 0.859. The second-order valence-electron chi connectivity index (χ2n) is 6.45. The van der Waals surface area contributed by atoms with Gasteiger partial charge in [0.1, 0.15) is 5.75 Å². The number of hydrogen-bond donors (Lipinski definition) is 0. The summed E-state index contributed by atoms with van der Waals surface area (Å²) in [6.07, 6.45) is 4.78. The van der Waals surface area contributed by atoms with Gasteiger partial charge < -0.3 is 9.47 Å². The van der Waals surface area contributed by atoms with Crippen molar-refractivity contribution in [2.24, 2.45) is 5.41 Å². The summed E-state index contributed by atoms with van der Waals surface area (Å²) in [6.45, 7) is 4.50. The standard InChI is InChI=1S/C18H24O3/c1-18(2)9-8-16(14(12-18)11-17(19)21-4)13-6-5-7-15(10-13)20-3/h5-7,10-11,16H,8-9,12H2,1-4H3/b14-11+. The van der Waals surface area contributed by atoms with Gasteiger partial charge in [-0.15, -0.1) is 0 Å². The first-order valence-corrected chi connectivity index (χ1v) is 7.37. The van der Waals surface area contributed by atoms with E-state index < -0.39 is 0 Å². The van der Waals surface area contributed by atoms with Crippen LogP contribution in [-0.4, -0.2) is 20.2 Å². The molecule has 0 aliphatic heterocycles. The third kappa shape index (κ3) is 3.87. The van der Waals surface area contributed by atoms with Crippen molar-refractivity contribution < 1.29 is 14.3 Å². The van der Waals surface area contributed by atoms with E-state index in [9.17, 15) is 4.79 Å². The zero-order valence-corrected chi connectivity index (χ0v) is 13.3. The molecule has 0 N–H and O–H groups in total. The second kappa shape index (κ2) is 6.33. The molecule has 0 bridgehead atoms. The Labute approximate surface area is 127 Å². The summed E-state index contributed by atoms with van der Waals surface area (Å²) in [5.41, 5.74) is 2.60. The molecule has 1 aromatic rings. The maximum absolute atomic E-state index is 11.7. The molecule has 1 atom stereocenters. The molecule has 0 amide bonds. The molecule has 1 unspecified atom stereocenters. The van der Waals surface area contributed by atoms with Gasteiger partial charge in [0, 0.05) is 12.0 Å². The predicted octanol–water partition coefficient (Wildman–Crippen LogP) is 4.09. The second-order valence-corrected chi connectivity index (χ2v) is 6.45. The van der Waals surface area contributed by atoms with Crippen molar-refractivity contribution in [3.8, 4) is 5.75 Å². The van der Waals surface area contributed by atoms with Gasteiger partial charge in [-0.05, 0) is 42.4 Å². The van der Waals surface area contributed by atoms with Gasteiger partial charge >= 0.3 is 5.97 Å². The lowest BCUT2D eigenvalue weighted by molar-refractivity contribution is -0.134. The summed E-state index contributed by atoms with van der Waals surface area (Å²) < 4.78 is 10.1. The van der Waals surface area contributed by atoms with Crippen molar-refractivity contribution >= 4 is 5.97 Å². The van der Waals surface area contributed by atoms with Crippen LogP contribution in [0.2, 0.25) is 0 Å². The molecule has 1 aliphatic rings. The van der Waals surface area contributed by atoms with E-state index in [0.717, 1.165) is 30.6 Å². The molecular weight excluding hydrogens is 264 g/mol. The normalized spacial score (nSPS) is 22.9. The first-order chi connectivity index (χ1) is 9.95. The Morgan fingerprint density at radius 2 is 2.10 bits per heavy atom. The fourth-order valence-electron chi connectivity index (χ4n) is 3.09. The average molecular weight is 288 g/mol. The molecule has 1 saturated carbocycles. The molecular formula is C18H24O3. The van der Waals surface area contributed by atoms with E-state index in [1.807, 2.05) is 12.1 Å². The number of rotatable bonds is 3. The Morgan fingerprint density at radius 1 is 1.33 bits per heavy atom. The highest BCUT2D eigenvalue weighted by molar-refractivity contribution is 5.83. The van der Waals surface area contributed by atoms with Crippen LogP contribution in [0.5, 0.6) is 5.75 Å². The van der Waals surface area contributed by atoms with Crippen LogP contribution in [0.25, 0.3) is 0 Å². The minimum atomic E-state index is -0.268. The number of esters is 1. The SMILES string of the molecule is COC(=O)/C=C1\CC(C)(C)CCC1c1cccc(OC)c1. The van der Waals surface area contributed by atoms with Crippen molar-refractivity contribution in [2.45, 2.75) is 39.0 Å². The molecule has 0 spiro atoms. The Bertz CT molecular complexity index is 543. The highest BCUT2D eigenvalue weighted by Crippen LogP contribution is 2.46. The maximum Gasteiger partial charge on any atom is 0.330 e. The fourth-order valence-corrected chi connectivity index (χ4v) is 3.09. The van der Waals surface area contributed by atoms with Crippen LogP contribution in [0.4, 0.5) is 0 Å². The molecule has 3 heteroatoms. The molecule has 114 valence electrons. The number of allylic oxidation sites excluding steroid dienone is 1. The van der Waals surface area contributed by atoms with E-state index in [1.165, 1.54) is 12.7 Å². The van der Waals surface area contributed by atoms with Gasteiger partial charge in [0.15, 0.2) is 0 Å². The van der Waals surface area contributed by atoms with Gasteiger partial charge in [0.05, 0.1) is 14.2 Å². The molecule has 0 heterocycles. The summed E-state index contributed by atoms with van der Waals surface area (Å²) in [7, 11) is 3.10. The summed E-state index contributed by atoms with van der Waals surface area (Å²) in [6, 6.07) is 8.12. The number of carbonyl (C=O) groups is 1. The fraction of sp³-hybridized carbons (Fsp3) is 0.500. The molecule has 1 aliphatic carbocycles. The minimum absolute atomic E-state index is 0.231. The van der Waals surface area contributed by atoms with Gasteiger partial charge in [-0.1, -0.05) is 31.6 Å². The lowest BCUT2D eigenvalue weighted by atomic mass is 9.68. The molecule has 1 fully saturated rings. The van der Waals surface area contributed by atoms with E-state index in [0.29, 0.717) is 0 Å². The van der Waals surface area contributed by atoms with Crippen LogP contribution < -0.4 is 4.74 Å². The van der Waals surface area contributed by atoms with Crippen molar-refractivity contribution in [1.82, 2.24) is 0 Å². The number of carbonyl (C=O) groups excluding carboxylic acids is 1. The third-order valence-electron chi connectivity index (χ3n) is 4.24. The quantitative estimate of drug-likeness (QED) is 0.621. The topological polar surface area (TPSA) is 35.5 Å². The van der Waals surface area contributed by atoms with Crippen LogP contribution in [0.15, 0.2) is 35.9 Å². The lowest BCUT2D eigenvalue weighted by Crippen LogP contribution is -2.23. The number of hydrogen-bond acceptors (Lipinski definition) is 3. The third-order valence-corrected chi connectivity index (χ3v) is 4.24. The Balaban J connectivity index is 2.34. The van der Waals surface area contributed by atoms with Crippen LogP contribution in [0.3, 0.4) is 0 Å². The first-order valence-electron chi connectivity index (χ1n) is 7.37. The number of benzene rings is 1. The van der Waals surface area contributed by atoms with Crippen molar-refractivity contribution in [3.05, 3.63) is 41.5 Å². The van der Waals surface area contributed by atoms with Crippen LogP contribution >= 0.6 is 0 Å².